The molecule has 0 saturated heterocycles. The second-order valence-corrected chi connectivity index (χ2v) is 4.13. The van der Waals surface area contributed by atoms with Crippen LogP contribution in [0.3, 0.4) is 0 Å². The van der Waals surface area contributed by atoms with Crippen molar-refractivity contribution in [2.24, 2.45) is 0 Å². The standard InChI is InChI=1S/C8H8F3NOS/c9-8(10,11)5-14(13)7-3-1-2-6(12)4-7/h1-4H,5,12H2. The van der Waals surface area contributed by atoms with Crippen LogP contribution >= 0.6 is 0 Å². The van der Waals surface area contributed by atoms with Gasteiger partial charge >= 0.3 is 6.18 Å². The van der Waals surface area contributed by atoms with Gasteiger partial charge in [0, 0.05) is 10.6 Å². The lowest BCUT2D eigenvalue weighted by Crippen LogP contribution is -2.18. The molecular weight excluding hydrogens is 215 g/mol. The van der Waals surface area contributed by atoms with Gasteiger partial charge in [0.1, 0.15) is 5.75 Å². The number of alkyl halides is 3. The molecule has 0 aliphatic rings. The van der Waals surface area contributed by atoms with Crippen LogP contribution in [0.25, 0.3) is 0 Å². The fourth-order valence-corrected chi connectivity index (χ4v) is 1.85. The number of anilines is 1. The number of benzene rings is 1. The highest BCUT2D eigenvalue weighted by Gasteiger charge is 2.30. The largest absolute Gasteiger partial charge is 0.400 e. The summed E-state index contributed by atoms with van der Waals surface area (Å²) in [6.07, 6.45) is -4.42. The summed E-state index contributed by atoms with van der Waals surface area (Å²) >= 11 is 0. The summed E-state index contributed by atoms with van der Waals surface area (Å²) in [5, 5.41) is 0. The van der Waals surface area contributed by atoms with E-state index in [-0.39, 0.29) is 4.90 Å². The van der Waals surface area contributed by atoms with Crippen LogP contribution in [0.15, 0.2) is 29.2 Å². The Balaban J connectivity index is 2.80. The van der Waals surface area contributed by atoms with Crippen molar-refractivity contribution >= 4 is 16.5 Å². The van der Waals surface area contributed by atoms with Crippen LogP contribution < -0.4 is 5.73 Å². The average Bonchev–Trinajstić information content (AvgIpc) is 2.01. The molecule has 0 spiro atoms. The molecule has 0 heterocycles. The number of halogens is 3. The zero-order chi connectivity index (χ0) is 10.8. The molecule has 2 nitrogen and oxygen atoms in total. The molecule has 1 aromatic carbocycles. The van der Waals surface area contributed by atoms with Gasteiger partial charge in [-0.15, -0.1) is 0 Å². The predicted octanol–water partition coefficient (Wildman–Crippen LogP) is 1.94. The monoisotopic (exact) mass is 223 g/mol. The van der Waals surface area contributed by atoms with Gasteiger partial charge in [0.25, 0.3) is 0 Å². The molecule has 1 unspecified atom stereocenters. The van der Waals surface area contributed by atoms with Crippen molar-refractivity contribution in [3.05, 3.63) is 24.3 Å². The lowest BCUT2D eigenvalue weighted by molar-refractivity contribution is -0.105. The molecule has 0 aliphatic carbocycles. The van der Waals surface area contributed by atoms with Crippen molar-refractivity contribution in [3.8, 4) is 0 Å². The molecule has 2 N–H and O–H groups in total. The zero-order valence-electron chi connectivity index (χ0n) is 7.04. The van der Waals surface area contributed by atoms with Gasteiger partial charge in [-0.1, -0.05) is 6.07 Å². The van der Waals surface area contributed by atoms with E-state index >= 15 is 0 Å². The molecule has 0 aliphatic heterocycles. The first-order chi connectivity index (χ1) is 6.38. The Bertz CT molecular complexity index is 351. The van der Waals surface area contributed by atoms with Crippen LogP contribution in [0.5, 0.6) is 0 Å². The van der Waals surface area contributed by atoms with Crippen LogP contribution in [-0.4, -0.2) is 16.1 Å². The molecular formula is C8H8F3NOS. The molecule has 0 radical (unpaired) electrons. The fraction of sp³-hybridized carbons (Fsp3) is 0.250. The molecule has 0 amide bonds. The van der Waals surface area contributed by atoms with E-state index in [0.717, 1.165) is 0 Å². The molecule has 0 saturated carbocycles. The van der Waals surface area contributed by atoms with Crippen molar-refractivity contribution in [1.29, 1.82) is 0 Å². The van der Waals surface area contributed by atoms with Gasteiger partial charge in [-0.2, -0.15) is 13.2 Å². The minimum absolute atomic E-state index is 0.0994. The number of hydrogen-bond donors (Lipinski definition) is 1. The first-order valence-corrected chi connectivity index (χ1v) is 5.01. The summed E-state index contributed by atoms with van der Waals surface area (Å²) in [7, 11) is -2.07. The third kappa shape index (κ3) is 3.37. The molecule has 14 heavy (non-hydrogen) atoms. The Labute approximate surface area is 81.4 Å². The summed E-state index contributed by atoms with van der Waals surface area (Å²) in [6, 6.07) is 5.63. The SMILES string of the molecule is Nc1cccc(S(=O)CC(F)(F)F)c1. The molecule has 78 valence electrons. The summed E-state index contributed by atoms with van der Waals surface area (Å²) in [4.78, 5) is 0.0994. The molecule has 1 aromatic rings. The van der Waals surface area contributed by atoms with Gasteiger partial charge in [-0.25, -0.2) is 0 Å². The highest BCUT2D eigenvalue weighted by atomic mass is 32.2. The topological polar surface area (TPSA) is 43.1 Å². The Kier molecular flexibility index (Phi) is 3.15. The average molecular weight is 223 g/mol. The predicted molar refractivity (Wildman–Crippen MR) is 48.2 cm³/mol. The van der Waals surface area contributed by atoms with Gasteiger partial charge in [0.2, 0.25) is 0 Å². The molecule has 1 rings (SSSR count). The quantitative estimate of drug-likeness (QED) is 0.778. The molecule has 1 atom stereocenters. The lowest BCUT2D eigenvalue weighted by atomic mass is 10.3. The Morgan fingerprint density at radius 3 is 2.50 bits per heavy atom. The summed E-state index contributed by atoms with van der Waals surface area (Å²) in [5.74, 6) is -1.34. The minimum Gasteiger partial charge on any atom is -0.399 e. The van der Waals surface area contributed by atoms with Gasteiger partial charge in [0.05, 0.1) is 10.8 Å². The number of hydrogen-bond acceptors (Lipinski definition) is 2. The summed E-state index contributed by atoms with van der Waals surface area (Å²) in [5.41, 5.74) is 5.65. The maximum atomic E-state index is 11.9. The summed E-state index contributed by atoms with van der Waals surface area (Å²) < 4.78 is 46.8. The van der Waals surface area contributed by atoms with Crippen molar-refractivity contribution in [2.45, 2.75) is 11.1 Å². The first-order valence-electron chi connectivity index (χ1n) is 3.69. The van der Waals surface area contributed by atoms with Crippen molar-refractivity contribution in [2.75, 3.05) is 11.5 Å². The second-order valence-electron chi connectivity index (χ2n) is 2.68. The van der Waals surface area contributed by atoms with Gasteiger partial charge in [-0.05, 0) is 18.2 Å². The number of nitrogens with two attached hydrogens (primary N) is 1. The van der Waals surface area contributed by atoms with Crippen molar-refractivity contribution < 1.29 is 17.4 Å². The van der Waals surface area contributed by atoms with Crippen LogP contribution in [-0.2, 0) is 10.8 Å². The van der Waals surface area contributed by atoms with E-state index < -0.39 is 22.7 Å². The van der Waals surface area contributed by atoms with E-state index in [1.807, 2.05) is 0 Å². The molecule has 0 fully saturated rings. The van der Waals surface area contributed by atoms with Gasteiger partial charge in [-0.3, -0.25) is 4.21 Å². The Hall–Kier alpha value is -1.04. The van der Waals surface area contributed by atoms with Crippen molar-refractivity contribution in [3.63, 3.8) is 0 Å². The van der Waals surface area contributed by atoms with E-state index in [2.05, 4.69) is 0 Å². The molecule has 0 aromatic heterocycles. The maximum absolute atomic E-state index is 11.9. The zero-order valence-corrected chi connectivity index (χ0v) is 7.86. The van der Waals surface area contributed by atoms with E-state index in [4.69, 9.17) is 5.73 Å². The second kappa shape index (κ2) is 4.00. The van der Waals surface area contributed by atoms with E-state index in [0.29, 0.717) is 5.69 Å². The van der Waals surface area contributed by atoms with Crippen molar-refractivity contribution in [1.82, 2.24) is 0 Å². The van der Waals surface area contributed by atoms with Crippen LogP contribution in [0.1, 0.15) is 0 Å². The van der Waals surface area contributed by atoms with E-state index in [9.17, 15) is 17.4 Å². The summed E-state index contributed by atoms with van der Waals surface area (Å²) in [6.45, 7) is 0. The minimum atomic E-state index is -4.42. The Morgan fingerprint density at radius 1 is 1.36 bits per heavy atom. The lowest BCUT2D eigenvalue weighted by Gasteiger charge is -2.06. The first kappa shape index (κ1) is 11.0. The third-order valence-electron chi connectivity index (χ3n) is 1.42. The molecule has 0 bridgehead atoms. The van der Waals surface area contributed by atoms with E-state index in [1.54, 1.807) is 0 Å². The van der Waals surface area contributed by atoms with Gasteiger partial charge < -0.3 is 5.73 Å². The van der Waals surface area contributed by atoms with E-state index in [1.165, 1.54) is 24.3 Å². The van der Waals surface area contributed by atoms with Crippen LogP contribution in [0.4, 0.5) is 18.9 Å². The highest BCUT2D eigenvalue weighted by Crippen LogP contribution is 2.20. The van der Waals surface area contributed by atoms with Gasteiger partial charge in [0.15, 0.2) is 0 Å². The van der Waals surface area contributed by atoms with Crippen LogP contribution in [0, 0.1) is 0 Å². The Morgan fingerprint density at radius 2 is 2.00 bits per heavy atom. The third-order valence-corrected chi connectivity index (χ3v) is 2.78. The van der Waals surface area contributed by atoms with Crippen LogP contribution in [0.2, 0.25) is 0 Å². The molecule has 6 heteroatoms. The highest BCUT2D eigenvalue weighted by molar-refractivity contribution is 7.85. The normalized spacial score (nSPS) is 13.9. The smallest absolute Gasteiger partial charge is 0.399 e. The number of nitrogen functional groups attached to an aromatic ring is 1. The fourth-order valence-electron chi connectivity index (χ4n) is 0.888. The number of rotatable bonds is 2. The maximum Gasteiger partial charge on any atom is 0.400 e.